The number of nitrogens with zero attached hydrogens (tertiary/aromatic N) is 2. The zero-order valence-corrected chi connectivity index (χ0v) is 17.7. The first-order valence-electron chi connectivity index (χ1n) is 10.00. The van der Waals surface area contributed by atoms with Gasteiger partial charge in [0.2, 0.25) is 5.91 Å². The lowest BCUT2D eigenvalue weighted by atomic mass is 9.89. The zero-order valence-electron chi connectivity index (χ0n) is 17.0. The third kappa shape index (κ3) is 3.71. The summed E-state index contributed by atoms with van der Waals surface area (Å²) in [6.07, 6.45) is 0.637. The average molecular weight is 419 g/mol. The number of hydrogen-bond acceptors (Lipinski definition) is 2. The smallest absolute Gasteiger partial charge is 0.258 e. The molecule has 4 nitrogen and oxygen atoms in total. The van der Waals surface area contributed by atoms with E-state index >= 15 is 0 Å². The fourth-order valence-corrected chi connectivity index (χ4v) is 4.36. The summed E-state index contributed by atoms with van der Waals surface area (Å²) < 4.78 is 0. The summed E-state index contributed by atoms with van der Waals surface area (Å²) in [7, 11) is 0. The predicted octanol–water partition coefficient (Wildman–Crippen LogP) is 5.87. The van der Waals surface area contributed by atoms with Gasteiger partial charge in [-0.15, -0.1) is 0 Å². The van der Waals surface area contributed by atoms with Crippen LogP contribution in [0.5, 0.6) is 0 Å². The zero-order chi connectivity index (χ0) is 21.3. The average Bonchev–Trinajstić information content (AvgIpc) is 2.75. The summed E-state index contributed by atoms with van der Waals surface area (Å²) in [5, 5.41) is 0.624. The van der Waals surface area contributed by atoms with E-state index < -0.39 is 0 Å². The summed E-state index contributed by atoms with van der Waals surface area (Å²) in [6, 6.07) is 24.2. The number of anilines is 2. The van der Waals surface area contributed by atoms with E-state index in [4.69, 9.17) is 11.6 Å². The van der Waals surface area contributed by atoms with Gasteiger partial charge in [-0.05, 0) is 61.4 Å². The van der Waals surface area contributed by atoms with E-state index in [0.717, 1.165) is 16.9 Å². The molecule has 0 aromatic heterocycles. The van der Waals surface area contributed by atoms with Gasteiger partial charge in [-0.1, -0.05) is 48.0 Å². The second-order valence-electron chi connectivity index (χ2n) is 7.57. The molecule has 3 aromatic carbocycles. The number of benzene rings is 3. The molecule has 0 saturated heterocycles. The highest BCUT2D eigenvalue weighted by Gasteiger charge is 2.38. The molecule has 0 fully saturated rings. The molecule has 0 radical (unpaired) electrons. The Labute approximate surface area is 181 Å². The molecule has 30 heavy (non-hydrogen) atoms. The Hall–Kier alpha value is -3.11. The van der Waals surface area contributed by atoms with E-state index in [2.05, 4.69) is 0 Å². The van der Waals surface area contributed by atoms with Crippen molar-refractivity contribution >= 4 is 34.8 Å². The second-order valence-corrected chi connectivity index (χ2v) is 8.00. The van der Waals surface area contributed by atoms with Crippen molar-refractivity contribution in [1.82, 2.24) is 0 Å². The molecule has 3 aromatic rings. The predicted molar refractivity (Wildman–Crippen MR) is 121 cm³/mol. The number of carbonyl (C=O) groups is 2. The Morgan fingerprint density at radius 1 is 0.933 bits per heavy atom. The Bertz CT molecular complexity index is 1070. The van der Waals surface area contributed by atoms with Crippen molar-refractivity contribution in [1.29, 1.82) is 0 Å². The minimum atomic E-state index is -0.172. The molecule has 0 N–H and O–H groups in total. The molecule has 4 rings (SSSR count). The number of hydrogen-bond donors (Lipinski definition) is 0. The fourth-order valence-electron chi connectivity index (χ4n) is 4.24. The molecule has 1 aliphatic rings. The number of carbonyl (C=O) groups excluding carboxylic acids is 2. The summed E-state index contributed by atoms with van der Waals surface area (Å²) >= 11 is 6.05. The second kappa shape index (κ2) is 8.33. The van der Waals surface area contributed by atoms with Crippen LogP contribution in [-0.4, -0.2) is 17.9 Å². The third-order valence-electron chi connectivity index (χ3n) is 5.56. The van der Waals surface area contributed by atoms with Crippen LogP contribution in [0.15, 0.2) is 78.9 Å². The lowest BCUT2D eigenvalue weighted by Gasteiger charge is -2.43. The van der Waals surface area contributed by atoms with Crippen LogP contribution < -0.4 is 9.80 Å². The number of para-hydroxylation sites is 1. The molecule has 2 amide bonds. The molecule has 0 spiro atoms. The Morgan fingerprint density at radius 3 is 2.23 bits per heavy atom. The topological polar surface area (TPSA) is 40.6 Å². The first-order chi connectivity index (χ1) is 14.5. The molecule has 1 aliphatic heterocycles. The van der Waals surface area contributed by atoms with Crippen LogP contribution in [0.4, 0.5) is 11.4 Å². The third-order valence-corrected chi connectivity index (χ3v) is 5.81. The highest BCUT2D eigenvalue weighted by molar-refractivity contribution is 6.30. The first-order valence-corrected chi connectivity index (χ1v) is 10.4. The molecule has 0 saturated carbocycles. The van der Waals surface area contributed by atoms with Crippen LogP contribution >= 0.6 is 11.6 Å². The lowest BCUT2D eigenvalue weighted by molar-refractivity contribution is -0.117. The van der Waals surface area contributed by atoms with Crippen LogP contribution in [0.1, 0.15) is 42.2 Å². The van der Waals surface area contributed by atoms with Crippen molar-refractivity contribution in [2.75, 3.05) is 9.80 Å². The van der Waals surface area contributed by atoms with Gasteiger partial charge in [-0.3, -0.25) is 9.59 Å². The van der Waals surface area contributed by atoms with Crippen molar-refractivity contribution in [3.8, 4) is 0 Å². The quantitative estimate of drug-likeness (QED) is 0.533. The molecule has 1 heterocycles. The Kier molecular flexibility index (Phi) is 5.60. The van der Waals surface area contributed by atoms with Crippen molar-refractivity contribution in [2.45, 2.75) is 32.4 Å². The molecule has 5 heteroatoms. The van der Waals surface area contributed by atoms with Crippen LogP contribution in [0.25, 0.3) is 0 Å². The number of halogens is 1. The summed E-state index contributed by atoms with van der Waals surface area (Å²) in [6.45, 7) is 3.60. The Morgan fingerprint density at radius 2 is 1.57 bits per heavy atom. The summed E-state index contributed by atoms with van der Waals surface area (Å²) in [5.74, 6) is -0.0815. The van der Waals surface area contributed by atoms with Gasteiger partial charge in [-0.2, -0.15) is 0 Å². The van der Waals surface area contributed by atoms with Crippen molar-refractivity contribution in [3.05, 3.63) is 95.0 Å². The monoisotopic (exact) mass is 418 g/mol. The minimum absolute atomic E-state index is 0.0325. The molecular formula is C25H23ClN2O2. The fraction of sp³-hybridized carbons (Fsp3) is 0.200. The van der Waals surface area contributed by atoms with E-state index in [1.54, 1.807) is 24.0 Å². The normalized spacial score (nSPS) is 17.9. The van der Waals surface area contributed by atoms with Gasteiger partial charge in [0, 0.05) is 34.9 Å². The molecule has 2 unspecified atom stereocenters. The van der Waals surface area contributed by atoms with Gasteiger partial charge in [0.15, 0.2) is 0 Å². The SMILES string of the molecule is CC(=O)N(c1ccc(Cl)cc1)C1CC(C)N(C(=O)c2ccccc2)c2ccccc21. The summed E-state index contributed by atoms with van der Waals surface area (Å²) in [5.41, 5.74) is 3.25. The van der Waals surface area contributed by atoms with Gasteiger partial charge in [0.05, 0.1) is 6.04 Å². The molecule has 0 aliphatic carbocycles. The standard InChI is InChI=1S/C25H23ClN2O2/c1-17-16-24(28(18(2)29)21-14-12-20(26)13-15-21)22-10-6-7-11-23(22)27(17)25(30)19-8-4-3-5-9-19/h3-15,17,24H,16H2,1-2H3. The van der Waals surface area contributed by atoms with Crippen molar-refractivity contribution in [3.63, 3.8) is 0 Å². The van der Waals surface area contributed by atoms with Crippen molar-refractivity contribution in [2.24, 2.45) is 0 Å². The van der Waals surface area contributed by atoms with E-state index in [9.17, 15) is 9.59 Å². The highest BCUT2D eigenvalue weighted by atomic mass is 35.5. The maximum atomic E-state index is 13.3. The Balaban J connectivity index is 1.78. The molecule has 0 bridgehead atoms. The molecule has 152 valence electrons. The van der Waals surface area contributed by atoms with E-state index in [1.807, 2.05) is 78.6 Å². The minimum Gasteiger partial charge on any atom is -0.305 e. The highest BCUT2D eigenvalue weighted by Crippen LogP contribution is 2.42. The van der Waals surface area contributed by atoms with E-state index in [1.165, 1.54) is 0 Å². The number of fused-ring (bicyclic) bond motifs is 1. The molecule has 2 atom stereocenters. The molecular weight excluding hydrogens is 396 g/mol. The van der Waals surface area contributed by atoms with Gasteiger partial charge in [-0.25, -0.2) is 0 Å². The maximum Gasteiger partial charge on any atom is 0.258 e. The van der Waals surface area contributed by atoms with E-state index in [-0.39, 0.29) is 23.9 Å². The van der Waals surface area contributed by atoms with Gasteiger partial charge < -0.3 is 9.80 Å². The number of rotatable bonds is 3. The van der Waals surface area contributed by atoms with Crippen LogP contribution in [-0.2, 0) is 4.79 Å². The van der Waals surface area contributed by atoms with Gasteiger partial charge in [0.1, 0.15) is 0 Å². The first kappa shape index (κ1) is 20.2. The maximum absolute atomic E-state index is 13.3. The largest absolute Gasteiger partial charge is 0.305 e. The van der Waals surface area contributed by atoms with Crippen LogP contribution in [0.3, 0.4) is 0 Å². The lowest BCUT2D eigenvalue weighted by Crippen LogP contribution is -2.47. The van der Waals surface area contributed by atoms with Gasteiger partial charge >= 0.3 is 0 Å². The van der Waals surface area contributed by atoms with Crippen LogP contribution in [0, 0.1) is 0 Å². The number of amides is 2. The summed E-state index contributed by atoms with van der Waals surface area (Å²) in [4.78, 5) is 29.7. The van der Waals surface area contributed by atoms with Crippen LogP contribution in [0.2, 0.25) is 5.02 Å². The van der Waals surface area contributed by atoms with Crippen molar-refractivity contribution < 1.29 is 9.59 Å². The van der Waals surface area contributed by atoms with Gasteiger partial charge in [0.25, 0.3) is 5.91 Å². The van der Waals surface area contributed by atoms with E-state index in [0.29, 0.717) is 17.0 Å².